The maximum absolute atomic E-state index is 10.4. The molecule has 0 bridgehead atoms. The minimum absolute atomic E-state index is 0.138. The van der Waals surface area contributed by atoms with E-state index in [1.165, 1.54) is 11.8 Å². The van der Waals surface area contributed by atoms with E-state index in [1.807, 2.05) is 29.6 Å². The highest BCUT2D eigenvalue weighted by Crippen LogP contribution is 2.23. The first-order valence-corrected chi connectivity index (χ1v) is 6.84. The summed E-state index contributed by atoms with van der Waals surface area (Å²) in [4.78, 5) is 11.4. The van der Waals surface area contributed by atoms with Crippen LogP contribution in [0.5, 0.6) is 0 Å². The fourth-order valence-electron chi connectivity index (χ4n) is 1.20. The van der Waals surface area contributed by atoms with Gasteiger partial charge in [0.2, 0.25) is 0 Å². The number of thioether (sulfide) groups is 1. The van der Waals surface area contributed by atoms with Crippen LogP contribution in [-0.2, 0) is 4.79 Å². The van der Waals surface area contributed by atoms with Crippen molar-refractivity contribution in [2.24, 2.45) is 0 Å². The van der Waals surface area contributed by atoms with Crippen LogP contribution in [0.25, 0.3) is 10.6 Å². The van der Waals surface area contributed by atoms with Crippen LogP contribution in [0.4, 0.5) is 0 Å². The van der Waals surface area contributed by atoms with Crippen LogP contribution in [0.3, 0.4) is 0 Å². The zero-order valence-electron chi connectivity index (χ0n) is 8.87. The number of carbonyl (C=O) groups is 1. The summed E-state index contributed by atoms with van der Waals surface area (Å²) >= 11 is 3.02. The van der Waals surface area contributed by atoms with E-state index in [1.54, 1.807) is 11.3 Å². The predicted octanol–water partition coefficient (Wildman–Crippen LogP) is 2.77. The fraction of sp³-hybridized carbons (Fsp3) is 0.182. The van der Waals surface area contributed by atoms with Gasteiger partial charge < -0.3 is 5.11 Å². The normalized spacial score (nSPS) is 10.4. The van der Waals surface area contributed by atoms with Gasteiger partial charge in [0.15, 0.2) is 0 Å². The molecule has 0 spiro atoms. The van der Waals surface area contributed by atoms with Gasteiger partial charge in [0, 0.05) is 5.75 Å². The van der Waals surface area contributed by atoms with Crippen molar-refractivity contribution >= 4 is 29.1 Å². The lowest BCUT2D eigenvalue weighted by molar-refractivity contribution is -0.136. The molecular formula is C11H10N2O2S2. The Morgan fingerprint density at radius 1 is 1.35 bits per heavy atom. The second kappa shape index (κ2) is 5.79. The third kappa shape index (κ3) is 3.54. The first-order valence-electron chi connectivity index (χ1n) is 4.98. The number of hydrogen-bond acceptors (Lipinski definition) is 5. The molecule has 0 aliphatic carbocycles. The Morgan fingerprint density at radius 2 is 2.24 bits per heavy atom. The average molecular weight is 266 g/mol. The molecule has 2 rings (SSSR count). The van der Waals surface area contributed by atoms with Crippen LogP contribution in [0.2, 0.25) is 0 Å². The zero-order chi connectivity index (χ0) is 12.1. The highest BCUT2D eigenvalue weighted by molar-refractivity contribution is 7.99. The quantitative estimate of drug-likeness (QED) is 0.843. The van der Waals surface area contributed by atoms with Crippen molar-refractivity contribution in [2.45, 2.75) is 11.4 Å². The number of thiophene rings is 1. The summed E-state index contributed by atoms with van der Waals surface area (Å²) in [5, 5.41) is 19.4. The first kappa shape index (κ1) is 12.1. The molecule has 1 N–H and O–H groups in total. The number of aliphatic carboxylic acids is 1. The van der Waals surface area contributed by atoms with Crippen LogP contribution >= 0.6 is 23.1 Å². The van der Waals surface area contributed by atoms with Gasteiger partial charge in [-0.2, -0.15) is 0 Å². The summed E-state index contributed by atoms with van der Waals surface area (Å²) in [7, 11) is 0. The van der Waals surface area contributed by atoms with Gasteiger partial charge in [-0.25, -0.2) is 0 Å². The zero-order valence-corrected chi connectivity index (χ0v) is 10.5. The van der Waals surface area contributed by atoms with Gasteiger partial charge in [-0.15, -0.1) is 33.3 Å². The van der Waals surface area contributed by atoms with Crippen LogP contribution < -0.4 is 0 Å². The molecule has 2 aromatic heterocycles. The van der Waals surface area contributed by atoms with E-state index in [0.717, 1.165) is 15.6 Å². The lowest BCUT2D eigenvalue weighted by Crippen LogP contribution is -1.96. The van der Waals surface area contributed by atoms with Gasteiger partial charge in [-0.1, -0.05) is 6.07 Å². The van der Waals surface area contributed by atoms with E-state index in [0.29, 0.717) is 5.75 Å². The molecule has 0 saturated carbocycles. The van der Waals surface area contributed by atoms with Gasteiger partial charge in [0.05, 0.1) is 11.3 Å². The molecule has 0 atom stereocenters. The fourth-order valence-corrected chi connectivity index (χ4v) is 2.63. The molecule has 0 radical (unpaired) electrons. The van der Waals surface area contributed by atoms with Crippen molar-refractivity contribution in [3.63, 3.8) is 0 Å². The molecule has 0 aliphatic heterocycles. The molecule has 4 nitrogen and oxygen atoms in total. The van der Waals surface area contributed by atoms with Gasteiger partial charge in [-0.05, 0) is 23.6 Å². The second-order valence-corrected chi connectivity index (χ2v) is 5.29. The average Bonchev–Trinajstić information content (AvgIpc) is 2.83. The summed E-state index contributed by atoms with van der Waals surface area (Å²) in [6, 6.07) is 7.74. The Kier molecular flexibility index (Phi) is 4.11. The topological polar surface area (TPSA) is 63.1 Å². The van der Waals surface area contributed by atoms with Crippen molar-refractivity contribution in [1.82, 2.24) is 10.2 Å². The van der Waals surface area contributed by atoms with E-state index in [-0.39, 0.29) is 6.42 Å². The van der Waals surface area contributed by atoms with Gasteiger partial charge in [0.1, 0.15) is 10.7 Å². The maximum Gasteiger partial charge on any atom is 0.304 e. The SMILES string of the molecule is O=C(O)CCSc1ccc(-c2cccs2)nn1. The predicted molar refractivity (Wildman–Crippen MR) is 68.3 cm³/mol. The van der Waals surface area contributed by atoms with E-state index < -0.39 is 5.97 Å². The summed E-state index contributed by atoms with van der Waals surface area (Å²) in [6.45, 7) is 0. The highest BCUT2D eigenvalue weighted by atomic mass is 32.2. The third-order valence-electron chi connectivity index (χ3n) is 1.98. The Bertz CT molecular complexity index is 483. The lowest BCUT2D eigenvalue weighted by Gasteiger charge is -1.99. The molecule has 0 amide bonds. The largest absolute Gasteiger partial charge is 0.481 e. The third-order valence-corrected chi connectivity index (χ3v) is 3.79. The van der Waals surface area contributed by atoms with Crippen molar-refractivity contribution in [3.05, 3.63) is 29.6 Å². The van der Waals surface area contributed by atoms with Crippen molar-refractivity contribution in [3.8, 4) is 10.6 Å². The second-order valence-electron chi connectivity index (χ2n) is 3.23. The van der Waals surface area contributed by atoms with Crippen molar-refractivity contribution in [1.29, 1.82) is 0 Å². The monoisotopic (exact) mass is 266 g/mol. The standard InChI is InChI=1S/C11H10N2O2S2/c14-11(15)5-7-17-10-4-3-8(12-13-10)9-2-1-6-16-9/h1-4,6H,5,7H2,(H,14,15). The number of rotatable bonds is 5. The van der Waals surface area contributed by atoms with Crippen LogP contribution in [0.1, 0.15) is 6.42 Å². The van der Waals surface area contributed by atoms with Crippen LogP contribution in [0.15, 0.2) is 34.7 Å². The Balaban J connectivity index is 1.96. The molecule has 6 heteroatoms. The van der Waals surface area contributed by atoms with Gasteiger partial charge in [-0.3, -0.25) is 4.79 Å². The Morgan fingerprint density at radius 3 is 2.82 bits per heavy atom. The number of aromatic nitrogens is 2. The van der Waals surface area contributed by atoms with E-state index >= 15 is 0 Å². The Hall–Kier alpha value is -1.40. The van der Waals surface area contributed by atoms with Crippen LogP contribution in [0, 0.1) is 0 Å². The number of carboxylic acid groups (broad SMARTS) is 1. The molecule has 0 aliphatic rings. The molecule has 0 aromatic carbocycles. The van der Waals surface area contributed by atoms with Gasteiger partial charge in [0.25, 0.3) is 0 Å². The first-order chi connectivity index (χ1) is 8.25. The molecule has 0 fully saturated rings. The smallest absolute Gasteiger partial charge is 0.304 e. The van der Waals surface area contributed by atoms with Crippen molar-refractivity contribution in [2.75, 3.05) is 5.75 Å². The molecule has 0 saturated heterocycles. The number of hydrogen-bond donors (Lipinski definition) is 1. The summed E-state index contributed by atoms with van der Waals surface area (Å²) in [5.74, 6) is -0.275. The molecular weight excluding hydrogens is 256 g/mol. The molecule has 88 valence electrons. The molecule has 17 heavy (non-hydrogen) atoms. The Labute approximate surface area is 107 Å². The maximum atomic E-state index is 10.4. The van der Waals surface area contributed by atoms with Crippen molar-refractivity contribution < 1.29 is 9.90 Å². The molecule has 0 unspecified atom stereocenters. The summed E-state index contributed by atoms with van der Waals surface area (Å²) in [6.07, 6.45) is 0.138. The summed E-state index contributed by atoms with van der Waals surface area (Å²) < 4.78 is 0. The van der Waals surface area contributed by atoms with Gasteiger partial charge >= 0.3 is 5.97 Å². The molecule has 2 heterocycles. The lowest BCUT2D eigenvalue weighted by atomic mass is 10.3. The van der Waals surface area contributed by atoms with E-state index in [9.17, 15) is 4.79 Å². The summed E-state index contributed by atoms with van der Waals surface area (Å²) in [5.41, 5.74) is 0.850. The van der Waals surface area contributed by atoms with E-state index in [2.05, 4.69) is 10.2 Å². The van der Waals surface area contributed by atoms with E-state index in [4.69, 9.17) is 5.11 Å². The number of carboxylic acids is 1. The minimum atomic E-state index is -0.791. The van der Waals surface area contributed by atoms with Crippen LogP contribution in [-0.4, -0.2) is 27.0 Å². The minimum Gasteiger partial charge on any atom is -0.481 e. The molecule has 2 aromatic rings. The highest BCUT2D eigenvalue weighted by Gasteiger charge is 2.03. The number of nitrogens with zero attached hydrogens (tertiary/aromatic N) is 2.